The molecular formula is C22H32F3N5. The lowest BCUT2D eigenvalue weighted by atomic mass is 9.93. The first-order valence-corrected chi connectivity index (χ1v) is 10.7. The number of likely N-dealkylation sites (tertiary alicyclic amines) is 1. The van der Waals surface area contributed by atoms with Gasteiger partial charge in [0.05, 0.1) is 6.54 Å². The highest BCUT2D eigenvalue weighted by molar-refractivity contribution is 5.79. The van der Waals surface area contributed by atoms with E-state index in [0.717, 1.165) is 44.9 Å². The summed E-state index contributed by atoms with van der Waals surface area (Å²) in [4.78, 5) is 8.11. The Balaban J connectivity index is 1.35. The third kappa shape index (κ3) is 7.23. The molecule has 3 rings (SSSR count). The Kier molecular flexibility index (Phi) is 8.01. The Labute approximate surface area is 177 Å². The van der Waals surface area contributed by atoms with Crippen molar-refractivity contribution in [3.63, 3.8) is 0 Å². The minimum absolute atomic E-state index is 0.464. The average molecular weight is 424 g/mol. The normalized spacial score (nSPS) is 18.8. The minimum Gasteiger partial charge on any atom is -0.364 e. The summed E-state index contributed by atoms with van der Waals surface area (Å²) < 4.78 is 37.5. The first-order valence-electron chi connectivity index (χ1n) is 10.7. The van der Waals surface area contributed by atoms with Gasteiger partial charge in [0, 0.05) is 38.9 Å². The zero-order valence-electron chi connectivity index (χ0n) is 17.6. The van der Waals surface area contributed by atoms with Crippen LogP contribution in [0, 0.1) is 5.92 Å². The fraction of sp³-hybridized carbons (Fsp3) is 0.591. The highest BCUT2D eigenvalue weighted by Gasteiger charge is 2.32. The molecule has 1 fully saturated rings. The summed E-state index contributed by atoms with van der Waals surface area (Å²) >= 11 is 0. The Bertz CT molecular complexity index is 716. The quantitative estimate of drug-likeness (QED) is 0.401. The van der Waals surface area contributed by atoms with Gasteiger partial charge in [-0.25, -0.2) is 0 Å². The van der Waals surface area contributed by atoms with Gasteiger partial charge in [0.2, 0.25) is 0 Å². The van der Waals surface area contributed by atoms with E-state index in [1.54, 1.807) is 7.05 Å². The summed E-state index contributed by atoms with van der Waals surface area (Å²) in [5.74, 6) is 1.21. The van der Waals surface area contributed by atoms with Gasteiger partial charge >= 0.3 is 6.18 Å². The van der Waals surface area contributed by atoms with Crippen molar-refractivity contribution in [2.75, 3.05) is 51.2 Å². The van der Waals surface area contributed by atoms with Gasteiger partial charge in [-0.15, -0.1) is 0 Å². The molecular weight excluding hydrogens is 391 g/mol. The molecule has 0 spiro atoms. The summed E-state index contributed by atoms with van der Waals surface area (Å²) in [7, 11) is 1.75. The number of benzene rings is 1. The van der Waals surface area contributed by atoms with E-state index in [4.69, 9.17) is 0 Å². The number of alkyl halides is 3. The monoisotopic (exact) mass is 423 g/mol. The molecule has 0 aliphatic carbocycles. The van der Waals surface area contributed by atoms with Crippen LogP contribution in [-0.2, 0) is 6.54 Å². The van der Waals surface area contributed by atoms with Crippen molar-refractivity contribution in [3.8, 4) is 0 Å². The van der Waals surface area contributed by atoms with Crippen LogP contribution in [0.4, 0.5) is 18.9 Å². The molecule has 1 saturated heterocycles. The Morgan fingerprint density at radius 3 is 2.53 bits per heavy atom. The van der Waals surface area contributed by atoms with E-state index in [9.17, 15) is 13.2 Å². The summed E-state index contributed by atoms with van der Waals surface area (Å²) in [6.07, 6.45) is 2.84. The van der Waals surface area contributed by atoms with Crippen molar-refractivity contribution < 1.29 is 13.2 Å². The van der Waals surface area contributed by atoms with E-state index in [0.29, 0.717) is 25.6 Å². The molecule has 0 saturated carbocycles. The molecule has 0 atom stereocenters. The molecule has 0 amide bonds. The molecule has 0 unspecified atom stereocenters. The second kappa shape index (κ2) is 10.7. The van der Waals surface area contributed by atoms with Crippen LogP contribution >= 0.6 is 0 Å². The molecule has 1 aromatic carbocycles. The van der Waals surface area contributed by atoms with Crippen molar-refractivity contribution in [2.24, 2.45) is 10.9 Å². The Hall–Kier alpha value is -2.22. The lowest BCUT2D eigenvalue weighted by Crippen LogP contribution is -2.41. The van der Waals surface area contributed by atoms with Gasteiger partial charge in [0.15, 0.2) is 5.96 Å². The summed E-state index contributed by atoms with van der Waals surface area (Å²) in [5, 5.41) is 6.68. The fourth-order valence-electron chi connectivity index (χ4n) is 4.04. The summed E-state index contributed by atoms with van der Waals surface area (Å²) in [6.45, 7) is 3.63. The van der Waals surface area contributed by atoms with E-state index >= 15 is 0 Å². The number of nitrogens with zero attached hydrogens (tertiary/aromatic N) is 3. The van der Waals surface area contributed by atoms with Crippen molar-refractivity contribution >= 4 is 11.6 Å². The average Bonchev–Trinajstić information content (AvgIpc) is 3.26. The maximum atomic E-state index is 12.5. The van der Waals surface area contributed by atoms with E-state index < -0.39 is 12.7 Å². The standard InChI is InChI=1S/C22H32F3N5/c1-26-21(27-10-7-18-8-13-29(14-9-18)17-22(23,24)25)28-16-19-5-4-6-20(15-19)30-11-2-3-12-30/h2-6,15,18H,7-14,16-17H2,1H3,(H2,26,27,28). The maximum absolute atomic E-state index is 12.5. The Morgan fingerprint density at radius 2 is 1.87 bits per heavy atom. The second-order valence-corrected chi connectivity index (χ2v) is 8.02. The van der Waals surface area contributed by atoms with Crippen molar-refractivity contribution in [1.82, 2.24) is 15.5 Å². The number of hydrogen-bond donors (Lipinski definition) is 2. The molecule has 2 aliphatic rings. The van der Waals surface area contributed by atoms with Crippen molar-refractivity contribution in [2.45, 2.75) is 32.0 Å². The largest absolute Gasteiger partial charge is 0.401 e. The zero-order chi connectivity index (χ0) is 21.4. The topological polar surface area (TPSA) is 42.9 Å². The molecule has 2 heterocycles. The van der Waals surface area contributed by atoms with Crippen LogP contribution in [0.15, 0.2) is 41.4 Å². The number of aliphatic imine (C=N–C) groups is 1. The van der Waals surface area contributed by atoms with Gasteiger partial charge in [-0.05, 0) is 56.0 Å². The fourth-order valence-corrected chi connectivity index (χ4v) is 4.04. The van der Waals surface area contributed by atoms with Gasteiger partial charge in [-0.1, -0.05) is 24.3 Å². The van der Waals surface area contributed by atoms with Gasteiger partial charge in [0.25, 0.3) is 0 Å². The lowest BCUT2D eigenvalue weighted by Gasteiger charge is -2.32. The van der Waals surface area contributed by atoms with Gasteiger partial charge < -0.3 is 15.5 Å². The summed E-state index contributed by atoms with van der Waals surface area (Å²) in [6, 6.07) is 8.50. The smallest absolute Gasteiger partial charge is 0.364 e. The van der Waals surface area contributed by atoms with E-state index in [1.807, 2.05) is 0 Å². The number of halogens is 3. The predicted molar refractivity (Wildman–Crippen MR) is 116 cm³/mol. The third-order valence-electron chi connectivity index (χ3n) is 5.73. The van der Waals surface area contributed by atoms with Gasteiger partial charge in [-0.3, -0.25) is 9.89 Å². The summed E-state index contributed by atoms with van der Waals surface area (Å²) in [5.41, 5.74) is 2.42. The van der Waals surface area contributed by atoms with Gasteiger partial charge in [0.1, 0.15) is 0 Å². The van der Waals surface area contributed by atoms with Crippen LogP contribution in [0.1, 0.15) is 24.8 Å². The molecule has 0 radical (unpaired) electrons. The molecule has 30 heavy (non-hydrogen) atoms. The van der Waals surface area contributed by atoms with Crippen LogP contribution in [0.25, 0.3) is 0 Å². The SMILES string of the molecule is CN=C(NCCC1CCN(CC(F)(F)F)CC1)NCc1cccc(N2CC=CC2)c1. The number of piperidine rings is 1. The minimum atomic E-state index is -4.10. The van der Waals surface area contributed by atoms with E-state index in [-0.39, 0.29) is 0 Å². The first-order chi connectivity index (χ1) is 14.4. The molecule has 8 heteroatoms. The van der Waals surface area contributed by atoms with Crippen molar-refractivity contribution in [3.05, 3.63) is 42.0 Å². The highest BCUT2D eigenvalue weighted by Crippen LogP contribution is 2.24. The molecule has 0 aromatic heterocycles. The number of anilines is 1. The number of rotatable bonds is 7. The Morgan fingerprint density at radius 1 is 1.13 bits per heavy atom. The van der Waals surface area contributed by atoms with E-state index in [2.05, 4.69) is 56.9 Å². The third-order valence-corrected chi connectivity index (χ3v) is 5.73. The highest BCUT2D eigenvalue weighted by atomic mass is 19.4. The molecule has 166 valence electrons. The van der Waals surface area contributed by atoms with Crippen LogP contribution in [0.5, 0.6) is 0 Å². The number of guanidine groups is 1. The molecule has 5 nitrogen and oxygen atoms in total. The van der Waals surface area contributed by atoms with E-state index in [1.165, 1.54) is 16.2 Å². The molecule has 2 N–H and O–H groups in total. The van der Waals surface area contributed by atoms with Crippen LogP contribution in [0.2, 0.25) is 0 Å². The molecule has 0 bridgehead atoms. The number of nitrogens with one attached hydrogen (secondary N) is 2. The maximum Gasteiger partial charge on any atom is 0.401 e. The van der Waals surface area contributed by atoms with Crippen molar-refractivity contribution in [1.29, 1.82) is 0 Å². The first kappa shape index (κ1) is 22.5. The molecule has 1 aromatic rings. The second-order valence-electron chi connectivity index (χ2n) is 8.02. The van der Waals surface area contributed by atoms with Gasteiger partial charge in [-0.2, -0.15) is 13.2 Å². The predicted octanol–water partition coefficient (Wildman–Crippen LogP) is 3.39. The van der Waals surface area contributed by atoms with Crippen LogP contribution in [-0.4, -0.2) is 63.4 Å². The van der Waals surface area contributed by atoms with Crippen LogP contribution in [0.3, 0.4) is 0 Å². The molecule has 2 aliphatic heterocycles. The number of hydrogen-bond acceptors (Lipinski definition) is 3. The zero-order valence-corrected chi connectivity index (χ0v) is 17.6. The lowest BCUT2D eigenvalue weighted by molar-refractivity contribution is -0.148. The van der Waals surface area contributed by atoms with Crippen LogP contribution < -0.4 is 15.5 Å².